The van der Waals surface area contributed by atoms with Crippen LogP contribution in [0.3, 0.4) is 0 Å². The molecule has 1 aromatic heterocycles. The number of ether oxygens (including phenoxy) is 1. The molecule has 134 valence electrons. The zero-order valence-electron chi connectivity index (χ0n) is 14.9. The van der Waals surface area contributed by atoms with E-state index in [1.165, 1.54) is 32.1 Å². The van der Waals surface area contributed by atoms with Crippen LogP contribution in [0.1, 0.15) is 68.3 Å². The van der Waals surface area contributed by atoms with Crippen LogP contribution in [0.2, 0.25) is 0 Å². The minimum absolute atomic E-state index is 0.431. The average Bonchev–Trinajstić information content (AvgIpc) is 3.15. The first-order valence-corrected chi connectivity index (χ1v) is 9.68. The summed E-state index contributed by atoms with van der Waals surface area (Å²) in [5.41, 5.74) is 8.04. The number of hydrogen-bond donors (Lipinski definition) is 1. The van der Waals surface area contributed by atoms with Crippen molar-refractivity contribution in [2.75, 3.05) is 13.2 Å². The molecular weight excluding hydrogens is 312 g/mol. The first-order chi connectivity index (χ1) is 12.3. The smallest absolute Gasteiger partial charge is 0.158 e. The van der Waals surface area contributed by atoms with Gasteiger partial charge in [0.25, 0.3) is 0 Å². The fourth-order valence-electron chi connectivity index (χ4n) is 4.04. The maximum Gasteiger partial charge on any atom is 0.158 e. The van der Waals surface area contributed by atoms with Gasteiger partial charge in [-0.1, -0.05) is 43.5 Å². The van der Waals surface area contributed by atoms with Crippen LogP contribution in [0.15, 0.2) is 24.3 Å². The zero-order valence-corrected chi connectivity index (χ0v) is 14.9. The highest BCUT2D eigenvalue weighted by Gasteiger charge is 2.26. The molecule has 4 rings (SSSR count). The summed E-state index contributed by atoms with van der Waals surface area (Å²) >= 11 is 0. The summed E-state index contributed by atoms with van der Waals surface area (Å²) in [5.74, 6) is 2.46. The average molecular weight is 340 g/mol. The molecule has 5 heteroatoms. The number of nitrogens with zero attached hydrogens (tertiary/aromatic N) is 3. The molecule has 2 N–H and O–H groups in total. The van der Waals surface area contributed by atoms with Crippen LogP contribution in [-0.4, -0.2) is 28.0 Å². The number of hydrogen-bond acceptors (Lipinski definition) is 4. The zero-order chi connectivity index (χ0) is 17.1. The molecule has 0 amide bonds. The van der Waals surface area contributed by atoms with Crippen molar-refractivity contribution in [3.63, 3.8) is 0 Å². The van der Waals surface area contributed by atoms with Gasteiger partial charge < -0.3 is 10.5 Å². The summed E-state index contributed by atoms with van der Waals surface area (Å²) < 4.78 is 7.73. The fourth-order valence-corrected chi connectivity index (χ4v) is 4.04. The van der Waals surface area contributed by atoms with Crippen LogP contribution in [-0.2, 0) is 11.3 Å². The predicted octanol–water partition coefficient (Wildman–Crippen LogP) is 3.80. The largest absolute Gasteiger partial charge is 0.381 e. The summed E-state index contributed by atoms with van der Waals surface area (Å²) in [6.07, 6.45) is 8.42. The van der Waals surface area contributed by atoms with Crippen LogP contribution in [0.25, 0.3) is 11.4 Å². The second-order valence-corrected chi connectivity index (χ2v) is 7.32. The van der Waals surface area contributed by atoms with Gasteiger partial charge in [-0.05, 0) is 31.2 Å². The van der Waals surface area contributed by atoms with Crippen LogP contribution in [0, 0.1) is 0 Å². The Balaban J connectivity index is 1.69. The van der Waals surface area contributed by atoms with Gasteiger partial charge in [0.05, 0.1) is 6.04 Å². The van der Waals surface area contributed by atoms with Gasteiger partial charge in [0.2, 0.25) is 0 Å². The number of aromatic nitrogens is 3. The van der Waals surface area contributed by atoms with Crippen molar-refractivity contribution in [3.05, 3.63) is 35.7 Å². The predicted molar refractivity (Wildman–Crippen MR) is 98.3 cm³/mol. The molecule has 2 aromatic rings. The second kappa shape index (κ2) is 7.67. The molecule has 1 saturated carbocycles. The van der Waals surface area contributed by atoms with E-state index >= 15 is 0 Å². The Labute approximate surface area is 149 Å². The van der Waals surface area contributed by atoms with Crippen molar-refractivity contribution in [1.29, 1.82) is 0 Å². The topological polar surface area (TPSA) is 66.0 Å². The molecule has 1 aromatic carbocycles. The molecule has 1 aliphatic carbocycles. The highest BCUT2D eigenvalue weighted by Crippen LogP contribution is 2.34. The number of rotatable bonds is 4. The van der Waals surface area contributed by atoms with Crippen LogP contribution >= 0.6 is 0 Å². The van der Waals surface area contributed by atoms with E-state index < -0.39 is 0 Å². The Morgan fingerprint density at radius 2 is 1.72 bits per heavy atom. The van der Waals surface area contributed by atoms with Crippen LogP contribution in [0.4, 0.5) is 0 Å². The molecule has 2 heterocycles. The summed E-state index contributed by atoms with van der Waals surface area (Å²) in [4.78, 5) is 5.00. The minimum Gasteiger partial charge on any atom is -0.381 e. The third-order valence-corrected chi connectivity index (χ3v) is 5.60. The second-order valence-electron chi connectivity index (χ2n) is 7.32. The van der Waals surface area contributed by atoms with Gasteiger partial charge in [0, 0.05) is 31.2 Å². The van der Waals surface area contributed by atoms with Gasteiger partial charge in [-0.3, -0.25) is 0 Å². The van der Waals surface area contributed by atoms with Crippen molar-refractivity contribution in [1.82, 2.24) is 14.8 Å². The monoisotopic (exact) mass is 340 g/mol. The first kappa shape index (κ1) is 16.7. The quantitative estimate of drug-likeness (QED) is 0.919. The molecular formula is C20H28N4O. The first-order valence-electron chi connectivity index (χ1n) is 9.68. The van der Waals surface area contributed by atoms with Crippen LogP contribution in [0.5, 0.6) is 0 Å². The van der Waals surface area contributed by atoms with Crippen LogP contribution < -0.4 is 5.73 Å². The Morgan fingerprint density at radius 3 is 2.40 bits per heavy atom. The molecule has 2 fully saturated rings. The summed E-state index contributed by atoms with van der Waals surface area (Å²) in [6, 6.07) is 8.96. The highest BCUT2D eigenvalue weighted by molar-refractivity contribution is 5.56. The maximum atomic E-state index is 5.74. The van der Waals surface area contributed by atoms with E-state index in [-0.39, 0.29) is 0 Å². The van der Waals surface area contributed by atoms with Gasteiger partial charge in [-0.25, -0.2) is 9.67 Å². The molecule has 0 unspecified atom stereocenters. The molecule has 0 bridgehead atoms. The molecule has 5 nitrogen and oxygen atoms in total. The molecule has 1 saturated heterocycles. The van der Waals surface area contributed by atoms with Crippen molar-refractivity contribution in [2.24, 2.45) is 5.73 Å². The lowest BCUT2D eigenvalue weighted by Gasteiger charge is -2.23. The van der Waals surface area contributed by atoms with Gasteiger partial charge in [0.1, 0.15) is 0 Å². The molecule has 0 atom stereocenters. The lowest BCUT2D eigenvalue weighted by atomic mass is 9.95. The van der Waals surface area contributed by atoms with Crippen molar-refractivity contribution >= 4 is 0 Å². The SMILES string of the molecule is NCc1ccc(-c2nc(C3CCOCC3)nn2C2CCCCC2)cc1. The standard InChI is InChI=1S/C20H28N4O/c21-14-15-6-8-17(9-7-15)20-22-19(16-10-12-25-13-11-16)23-24(20)18-4-2-1-3-5-18/h6-9,16,18H,1-5,10-14,21H2. The van der Waals surface area contributed by atoms with E-state index in [1.807, 2.05) is 0 Å². The lowest BCUT2D eigenvalue weighted by molar-refractivity contribution is 0.0834. The Morgan fingerprint density at radius 1 is 1.00 bits per heavy atom. The van der Waals surface area contributed by atoms with E-state index in [0.717, 1.165) is 48.8 Å². The van der Waals surface area contributed by atoms with E-state index in [1.54, 1.807) is 0 Å². The Kier molecular flexibility index (Phi) is 5.13. The summed E-state index contributed by atoms with van der Waals surface area (Å²) in [5, 5.41) is 5.00. The third-order valence-electron chi connectivity index (χ3n) is 5.60. The summed E-state index contributed by atoms with van der Waals surface area (Å²) in [6.45, 7) is 2.22. The van der Waals surface area contributed by atoms with Gasteiger partial charge in [-0.15, -0.1) is 0 Å². The summed E-state index contributed by atoms with van der Waals surface area (Å²) in [7, 11) is 0. The fraction of sp³-hybridized carbons (Fsp3) is 0.600. The minimum atomic E-state index is 0.431. The molecule has 1 aliphatic heterocycles. The Hall–Kier alpha value is -1.72. The van der Waals surface area contributed by atoms with E-state index in [0.29, 0.717) is 18.5 Å². The normalized spacial score (nSPS) is 20.0. The third kappa shape index (κ3) is 3.62. The van der Waals surface area contributed by atoms with Crippen molar-refractivity contribution < 1.29 is 4.74 Å². The molecule has 0 spiro atoms. The maximum absolute atomic E-state index is 5.74. The van der Waals surface area contributed by atoms with E-state index in [4.69, 9.17) is 20.6 Å². The van der Waals surface area contributed by atoms with Gasteiger partial charge in [-0.2, -0.15) is 5.10 Å². The highest BCUT2D eigenvalue weighted by atomic mass is 16.5. The van der Waals surface area contributed by atoms with Crippen molar-refractivity contribution in [3.8, 4) is 11.4 Å². The van der Waals surface area contributed by atoms with Gasteiger partial charge in [0.15, 0.2) is 11.6 Å². The molecule has 2 aliphatic rings. The number of benzene rings is 1. The van der Waals surface area contributed by atoms with E-state index in [9.17, 15) is 0 Å². The van der Waals surface area contributed by atoms with E-state index in [2.05, 4.69) is 28.9 Å². The van der Waals surface area contributed by atoms with Gasteiger partial charge >= 0.3 is 0 Å². The molecule has 0 radical (unpaired) electrons. The Bertz CT molecular complexity index is 682. The molecule has 25 heavy (non-hydrogen) atoms. The van der Waals surface area contributed by atoms with Crippen molar-refractivity contribution in [2.45, 2.75) is 63.5 Å². The lowest BCUT2D eigenvalue weighted by Crippen LogP contribution is -2.17. The number of nitrogens with two attached hydrogens (primary N) is 1.